The number of halogens is 6. The lowest BCUT2D eigenvalue weighted by molar-refractivity contribution is -0.259. The second kappa shape index (κ2) is 9.06. The maximum absolute atomic E-state index is 13.0. The smallest absolute Gasteiger partial charge is 0.376 e. The third kappa shape index (κ3) is 5.29. The van der Waals surface area contributed by atoms with Gasteiger partial charge in [-0.05, 0) is 60.8 Å². The van der Waals surface area contributed by atoms with Gasteiger partial charge in [0, 0.05) is 0 Å². The van der Waals surface area contributed by atoms with Gasteiger partial charge in [0.25, 0.3) is 0 Å². The average Bonchev–Trinajstić information content (AvgIpc) is 2.70. The minimum atomic E-state index is -4.80. The predicted octanol–water partition coefficient (Wildman–Crippen LogP) is 6.91. The second-order valence-electron chi connectivity index (χ2n) is 8.63. The Labute approximate surface area is 183 Å². The van der Waals surface area contributed by atoms with E-state index in [4.69, 9.17) is 0 Å². The van der Waals surface area contributed by atoms with Gasteiger partial charge < -0.3 is 10.2 Å². The van der Waals surface area contributed by atoms with Crippen LogP contribution in [0.5, 0.6) is 0 Å². The van der Waals surface area contributed by atoms with E-state index in [1.54, 1.807) is 24.3 Å². The number of alkyl halides is 6. The zero-order valence-electron chi connectivity index (χ0n) is 18.3. The summed E-state index contributed by atoms with van der Waals surface area (Å²) in [5, 5.41) is 19.6. The summed E-state index contributed by atoms with van der Waals surface area (Å²) >= 11 is 0. The van der Waals surface area contributed by atoms with Gasteiger partial charge in [-0.15, -0.1) is 0 Å². The van der Waals surface area contributed by atoms with E-state index >= 15 is 0 Å². The molecule has 4 unspecified atom stereocenters. The van der Waals surface area contributed by atoms with Gasteiger partial charge in [0.05, 0.1) is 0 Å². The Bertz CT molecular complexity index is 881. The lowest BCUT2D eigenvalue weighted by atomic mass is 9.83. The molecule has 2 aromatic rings. The van der Waals surface area contributed by atoms with Crippen LogP contribution in [-0.4, -0.2) is 22.6 Å². The number of hydrogen-bond acceptors (Lipinski definition) is 2. The van der Waals surface area contributed by atoms with E-state index in [-0.39, 0.29) is 23.0 Å². The highest BCUT2D eigenvalue weighted by Gasteiger charge is 2.51. The summed E-state index contributed by atoms with van der Waals surface area (Å²) < 4.78 is 78.2. The first-order valence-electron chi connectivity index (χ1n) is 10.3. The average molecular weight is 462 g/mol. The van der Waals surface area contributed by atoms with Crippen molar-refractivity contribution in [2.75, 3.05) is 0 Å². The van der Waals surface area contributed by atoms with Gasteiger partial charge in [0.15, 0.2) is 11.2 Å². The molecule has 4 atom stereocenters. The highest BCUT2D eigenvalue weighted by molar-refractivity contribution is 5.32. The Morgan fingerprint density at radius 2 is 1.03 bits per heavy atom. The molecule has 0 aliphatic heterocycles. The Morgan fingerprint density at radius 1 is 0.688 bits per heavy atom. The molecule has 0 saturated heterocycles. The van der Waals surface area contributed by atoms with E-state index < -0.39 is 23.6 Å². The molecule has 0 aliphatic carbocycles. The van der Waals surface area contributed by atoms with Gasteiger partial charge >= 0.3 is 12.4 Å². The SMILES string of the molecule is CCC(CC(C)c1ccc(C(C)(O)C(F)(F)F)cc1)c1ccc(C(C)(O)C(F)(F)F)cc1. The second-order valence-corrected chi connectivity index (χ2v) is 8.63. The van der Waals surface area contributed by atoms with Crippen LogP contribution < -0.4 is 0 Å². The van der Waals surface area contributed by atoms with E-state index in [0.29, 0.717) is 26.7 Å². The molecule has 0 saturated carbocycles. The molecule has 32 heavy (non-hydrogen) atoms. The van der Waals surface area contributed by atoms with Crippen molar-refractivity contribution in [3.8, 4) is 0 Å². The van der Waals surface area contributed by atoms with Crippen LogP contribution in [0.2, 0.25) is 0 Å². The lowest BCUT2D eigenvalue weighted by Crippen LogP contribution is -2.39. The summed E-state index contributed by atoms with van der Waals surface area (Å²) in [6.07, 6.45) is -8.26. The summed E-state index contributed by atoms with van der Waals surface area (Å²) in [5.41, 5.74) is -4.77. The van der Waals surface area contributed by atoms with Crippen LogP contribution in [-0.2, 0) is 11.2 Å². The maximum atomic E-state index is 13.0. The molecule has 178 valence electrons. The minimum absolute atomic E-state index is 0.00726. The molecule has 0 heterocycles. The Kier molecular flexibility index (Phi) is 7.42. The van der Waals surface area contributed by atoms with Crippen molar-refractivity contribution in [1.29, 1.82) is 0 Å². The minimum Gasteiger partial charge on any atom is -0.376 e. The number of aliphatic hydroxyl groups is 2. The predicted molar refractivity (Wildman–Crippen MR) is 110 cm³/mol. The number of hydrogen-bond donors (Lipinski definition) is 2. The zero-order chi connectivity index (χ0) is 24.5. The summed E-state index contributed by atoms with van der Waals surface area (Å²) in [5.74, 6) is -0.0318. The normalized spacial score (nSPS) is 18.5. The van der Waals surface area contributed by atoms with Gasteiger partial charge in [-0.1, -0.05) is 62.4 Å². The van der Waals surface area contributed by atoms with Crippen LogP contribution in [0, 0.1) is 0 Å². The molecule has 0 spiro atoms. The van der Waals surface area contributed by atoms with Crippen molar-refractivity contribution in [3.05, 3.63) is 70.8 Å². The first-order valence-corrected chi connectivity index (χ1v) is 10.3. The summed E-state index contributed by atoms with van der Waals surface area (Å²) in [6.45, 7) is 5.28. The van der Waals surface area contributed by atoms with Crippen molar-refractivity contribution < 1.29 is 36.6 Å². The maximum Gasteiger partial charge on any atom is 0.421 e. The largest absolute Gasteiger partial charge is 0.421 e. The van der Waals surface area contributed by atoms with E-state index in [1.165, 1.54) is 24.3 Å². The number of rotatable bonds is 7. The molecule has 2 rings (SSSR count). The third-order valence-corrected chi connectivity index (χ3v) is 6.22. The molecule has 2 N–H and O–H groups in total. The molecule has 0 bridgehead atoms. The quantitative estimate of drug-likeness (QED) is 0.439. The molecule has 0 fully saturated rings. The molecule has 0 aromatic heterocycles. The molecular formula is C24H28F6O2. The van der Waals surface area contributed by atoms with Crippen molar-refractivity contribution in [1.82, 2.24) is 0 Å². The lowest BCUT2D eigenvalue weighted by Gasteiger charge is -2.28. The van der Waals surface area contributed by atoms with Gasteiger partial charge in [-0.3, -0.25) is 0 Å². The topological polar surface area (TPSA) is 40.5 Å². The fourth-order valence-electron chi connectivity index (χ4n) is 3.64. The first-order chi connectivity index (χ1) is 14.5. The van der Waals surface area contributed by atoms with Gasteiger partial charge in [0.1, 0.15) is 0 Å². The summed E-state index contributed by atoms with van der Waals surface area (Å²) in [6, 6.07) is 11.3. The molecule has 0 aliphatic rings. The highest BCUT2D eigenvalue weighted by atomic mass is 19.4. The number of benzene rings is 2. The Balaban J connectivity index is 2.17. The molecule has 2 nitrogen and oxygen atoms in total. The van der Waals surface area contributed by atoms with Crippen LogP contribution in [0.4, 0.5) is 26.3 Å². The van der Waals surface area contributed by atoms with E-state index in [2.05, 4.69) is 0 Å². The molecule has 8 heteroatoms. The highest BCUT2D eigenvalue weighted by Crippen LogP contribution is 2.41. The van der Waals surface area contributed by atoms with Crippen molar-refractivity contribution in [2.45, 2.75) is 75.9 Å². The van der Waals surface area contributed by atoms with Crippen molar-refractivity contribution in [2.24, 2.45) is 0 Å². The van der Waals surface area contributed by atoms with Crippen LogP contribution in [0.25, 0.3) is 0 Å². The Hall–Kier alpha value is -2.06. The summed E-state index contributed by atoms with van der Waals surface area (Å²) in [7, 11) is 0. The fraction of sp³-hybridized carbons (Fsp3) is 0.500. The van der Waals surface area contributed by atoms with Gasteiger partial charge in [-0.25, -0.2) is 0 Å². The van der Waals surface area contributed by atoms with Crippen LogP contribution in [0.1, 0.15) is 74.6 Å². The molecular weight excluding hydrogens is 434 g/mol. The van der Waals surface area contributed by atoms with Gasteiger partial charge in [0.2, 0.25) is 0 Å². The first kappa shape index (κ1) is 26.2. The monoisotopic (exact) mass is 462 g/mol. The molecule has 2 aromatic carbocycles. The van der Waals surface area contributed by atoms with Gasteiger partial charge in [-0.2, -0.15) is 26.3 Å². The van der Waals surface area contributed by atoms with E-state index in [9.17, 15) is 36.6 Å². The van der Waals surface area contributed by atoms with Crippen molar-refractivity contribution >= 4 is 0 Å². The van der Waals surface area contributed by atoms with Crippen LogP contribution >= 0.6 is 0 Å². The van der Waals surface area contributed by atoms with E-state index in [1.807, 2.05) is 13.8 Å². The van der Waals surface area contributed by atoms with Crippen LogP contribution in [0.3, 0.4) is 0 Å². The zero-order valence-corrected chi connectivity index (χ0v) is 18.3. The third-order valence-electron chi connectivity index (χ3n) is 6.22. The summed E-state index contributed by atoms with van der Waals surface area (Å²) in [4.78, 5) is 0. The Morgan fingerprint density at radius 3 is 1.34 bits per heavy atom. The fourth-order valence-corrected chi connectivity index (χ4v) is 3.64. The molecule has 0 amide bonds. The van der Waals surface area contributed by atoms with E-state index in [0.717, 1.165) is 11.1 Å². The van der Waals surface area contributed by atoms with Crippen LogP contribution in [0.15, 0.2) is 48.5 Å². The van der Waals surface area contributed by atoms with Crippen molar-refractivity contribution in [3.63, 3.8) is 0 Å². The molecule has 0 radical (unpaired) electrons. The standard InChI is InChI=1S/C24H28F6O2/c1-5-16(18-8-12-20(13-9-18)22(4,32)24(28,29)30)14-15(2)17-6-10-19(11-7-17)21(3,31)23(25,26)27/h6-13,15-16,31-32H,5,14H2,1-4H3.